The van der Waals surface area contributed by atoms with Gasteiger partial charge in [-0.1, -0.05) is 6.07 Å². The van der Waals surface area contributed by atoms with Gasteiger partial charge in [-0.3, -0.25) is 10.1 Å². The van der Waals surface area contributed by atoms with Crippen LogP contribution in [0.3, 0.4) is 0 Å². The summed E-state index contributed by atoms with van der Waals surface area (Å²) in [5.74, 6) is -0.180. The van der Waals surface area contributed by atoms with E-state index >= 15 is 0 Å². The van der Waals surface area contributed by atoms with E-state index in [1.807, 2.05) is 6.92 Å². The maximum absolute atomic E-state index is 13.1. The number of benzene rings is 1. The lowest BCUT2D eigenvalue weighted by Gasteiger charge is -2.10. The molecule has 0 fully saturated rings. The number of nitrogens with one attached hydrogen (secondary N) is 1. The highest BCUT2D eigenvalue weighted by molar-refractivity contribution is 5.61. The molecule has 1 N–H and O–H groups in total. The molecule has 0 bridgehead atoms. The summed E-state index contributed by atoms with van der Waals surface area (Å²) in [5, 5.41) is 13.8. The van der Waals surface area contributed by atoms with Crippen molar-refractivity contribution in [2.75, 3.05) is 11.9 Å². The summed E-state index contributed by atoms with van der Waals surface area (Å²) < 4.78 is 18.5. The quantitative estimate of drug-likeness (QED) is 0.653. The topological polar surface area (TPSA) is 77.3 Å². The summed E-state index contributed by atoms with van der Waals surface area (Å²) in [7, 11) is 0. The highest BCUT2D eigenvalue weighted by Gasteiger charge is 2.15. The predicted molar refractivity (Wildman–Crippen MR) is 75.8 cm³/mol. The Bertz CT molecular complexity index is 649. The molecule has 0 unspecified atom stereocenters. The molecule has 0 atom stereocenters. The third-order valence-electron chi connectivity index (χ3n) is 2.76. The van der Waals surface area contributed by atoms with E-state index in [0.29, 0.717) is 12.5 Å². The fourth-order valence-corrected chi connectivity index (χ4v) is 1.82. The Morgan fingerprint density at radius 2 is 2.24 bits per heavy atom. The fourth-order valence-electron chi connectivity index (χ4n) is 1.82. The zero-order chi connectivity index (χ0) is 15.2. The molecule has 0 saturated carbocycles. The number of anilines is 1. The summed E-state index contributed by atoms with van der Waals surface area (Å²) in [6.07, 6.45) is 1.61. The number of ether oxygens (including phenoxy) is 1. The number of nitro benzene ring substituents is 1. The zero-order valence-corrected chi connectivity index (χ0v) is 11.4. The highest BCUT2D eigenvalue weighted by Crippen LogP contribution is 2.26. The van der Waals surface area contributed by atoms with Gasteiger partial charge in [0.05, 0.1) is 17.6 Å². The van der Waals surface area contributed by atoms with Gasteiger partial charge in [0.1, 0.15) is 11.5 Å². The normalized spacial score (nSPS) is 10.2. The van der Waals surface area contributed by atoms with Crippen molar-refractivity contribution in [1.29, 1.82) is 0 Å². The van der Waals surface area contributed by atoms with Gasteiger partial charge >= 0.3 is 0 Å². The van der Waals surface area contributed by atoms with Crippen LogP contribution < -0.4 is 10.1 Å². The van der Waals surface area contributed by atoms with Crippen molar-refractivity contribution in [2.45, 2.75) is 13.5 Å². The first-order valence-electron chi connectivity index (χ1n) is 6.36. The monoisotopic (exact) mass is 291 g/mol. The van der Waals surface area contributed by atoms with Crippen molar-refractivity contribution in [1.82, 2.24) is 4.98 Å². The molecule has 0 aliphatic heterocycles. The van der Waals surface area contributed by atoms with Crippen LogP contribution in [0.25, 0.3) is 0 Å². The van der Waals surface area contributed by atoms with Gasteiger partial charge in [-0.05, 0) is 25.1 Å². The maximum Gasteiger partial charge on any atom is 0.295 e. The van der Waals surface area contributed by atoms with Crippen LogP contribution in [-0.4, -0.2) is 16.5 Å². The minimum absolute atomic E-state index is 0.243. The second-order valence-electron chi connectivity index (χ2n) is 4.17. The Morgan fingerprint density at radius 3 is 2.95 bits per heavy atom. The second kappa shape index (κ2) is 6.65. The summed E-state index contributed by atoms with van der Waals surface area (Å²) in [4.78, 5) is 14.4. The molecule has 0 amide bonds. The average Bonchev–Trinajstić information content (AvgIpc) is 2.47. The lowest BCUT2D eigenvalue weighted by Crippen LogP contribution is -2.06. The SMILES string of the molecule is CCOc1ncccc1CNc1ccc(F)cc1[N+](=O)[O-]. The van der Waals surface area contributed by atoms with E-state index in [-0.39, 0.29) is 17.9 Å². The number of hydrogen-bond acceptors (Lipinski definition) is 5. The summed E-state index contributed by atoms with van der Waals surface area (Å²) in [6.45, 7) is 2.60. The van der Waals surface area contributed by atoms with Gasteiger partial charge < -0.3 is 10.1 Å². The van der Waals surface area contributed by atoms with E-state index in [1.165, 1.54) is 12.1 Å². The molecule has 2 aromatic rings. The fraction of sp³-hybridized carbons (Fsp3) is 0.214. The van der Waals surface area contributed by atoms with Crippen LogP contribution in [0.1, 0.15) is 12.5 Å². The van der Waals surface area contributed by atoms with Crippen molar-refractivity contribution in [3.63, 3.8) is 0 Å². The van der Waals surface area contributed by atoms with Crippen molar-refractivity contribution in [2.24, 2.45) is 0 Å². The third kappa shape index (κ3) is 3.65. The van der Waals surface area contributed by atoms with Crippen LogP contribution in [0, 0.1) is 15.9 Å². The smallest absolute Gasteiger partial charge is 0.295 e. The molecular weight excluding hydrogens is 277 g/mol. The van der Waals surface area contributed by atoms with E-state index in [2.05, 4.69) is 10.3 Å². The number of rotatable bonds is 6. The number of aromatic nitrogens is 1. The lowest BCUT2D eigenvalue weighted by atomic mass is 10.2. The van der Waals surface area contributed by atoms with E-state index in [9.17, 15) is 14.5 Å². The van der Waals surface area contributed by atoms with Crippen molar-refractivity contribution in [3.8, 4) is 5.88 Å². The Labute approximate surface area is 120 Å². The van der Waals surface area contributed by atoms with Gasteiger partial charge in [0.2, 0.25) is 5.88 Å². The van der Waals surface area contributed by atoms with Crippen LogP contribution in [0.4, 0.5) is 15.8 Å². The number of nitro groups is 1. The minimum atomic E-state index is -0.649. The Balaban J connectivity index is 2.19. The van der Waals surface area contributed by atoms with Gasteiger partial charge in [-0.25, -0.2) is 9.37 Å². The molecule has 110 valence electrons. The molecule has 1 heterocycles. The van der Waals surface area contributed by atoms with Crippen molar-refractivity contribution < 1.29 is 14.1 Å². The van der Waals surface area contributed by atoms with Crippen LogP contribution in [0.15, 0.2) is 36.5 Å². The van der Waals surface area contributed by atoms with E-state index in [1.54, 1.807) is 18.3 Å². The molecule has 2 rings (SSSR count). The van der Waals surface area contributed by atoms with E-state index < -0.39 is 10.7 Å². The predicted octanol–water partition coefficient (Wildman–Crippen LogP) is 3.14. The van der Waals surface area contributed by atoms with Crippen LogP contribution in [0.5, 0.6) is 5.88 Å². The maximum atomic E-state index is 13.1. The molecule has 7 heteroatoms. The van der Waals surface area contributed by atoms with Gasteiger partial charge in [0, 0.05) is 18.3 Å². The molecule has 0 saturated heterocycles. The molecule has 0 spiro atoms. The van der Waals surface area contributed by atoms with Gasteiger partial charge in [-0.2, -0.15) is 0 Å². The first kappa shape index (κ1) is 14.7. The molecule has 0 radical (unpaired) electrons. The van der Waals surface area contributed by atoms with Crippen LogP contribution >= 0.6 is 0 Å². The Hall–Kier alpha value is -2.70. The first-order valence-corrected chi connectivity index (χ1v) is 6.36. The van der Waals surface area contributed by atoms with E-state index in [0.717, 1.165) is 11.6 Å². The Kier molecular flexibility index (Phi) is 4.65. The molecule has 0 aliphatic rings. The molecule has 6 nitrogen and oxygen atoms in total. The largest absolute Gasteiger partial charge is 0.478 e. The van der Waals surface area contributed by atoms with Crippen LogP contribution in [-0.2, 0) is 6.54 Å². The molecule has 1 aromatic carbocycles. The molecular formula is C14H14FN3O3. The Morgan fingerprint density at radius 1 is 1.43 bits per heavy atom. The van der Waals surface area contributed by atoms with E-state index in [4.69, 9.17) is 4.74 Å². The summed E-state index contributed by atoms with van der Waals surface area (Å²) in [5.41, 5.74) is 0.697. The van der Waals surface area contributed by atoms with Crippen molar-refractivity contribution >= 4 is 11.4 Å². The molecule has 21 heavy (non-hydrogen) atoms. The summed E-state index contributed by atoms with van der Waals surface area (Å²) >= 11 is 0. The third-order valence-corrected chi connectivity index (χ3v) is 2.76. The number of halogens is 1. The van der Waals surface area contributed by atoms with Gasteiger partial charge in [0.15, 0.2) is 0 Å². The first-order chi connectivity index (χ1) is 10.1. The minimum Gasteiger partial charge on any atom is -0.478 e. The number of hydrogen-bond donors (Lipinski definition) is 1. The average molecular weight is 291 g/mol. The molecule has 1 aromatic heterocycles. The summed E-state index contributed by atoms with van der Waals surface area (Å²) in [6, 6.07) is 6.94. The van der Waals surface area contributed by atoms with Crippen molar-refractivity contribution in [3.05, 3.63) is 58.0 Å². The second-order valence-corrected chi connectivity index (χ2v) is 4.17. The standard InChI is InChI=1S/C14H14FN3O3/c1-2-21-14-10(4-3-7-16-14)9-17-12-6-5-11(15)8-13(12)18(19)20/h3-8,17H,2,9H2,1H3. The highest BCUT2D eigenvalue weighted by atomic mass is 19.1. The zero-order valence-electron chi connectivity index (χ0n) is 11.4. The van der Waals surface area contributed by atoms with Crippen LogP contribution in [0.2, 0.25) is 0 Å². The van der Waals surface area contributed by atoms with Gasteiger partial charge in [-0.15, -0.1) is 0 Å². The lowest BCUT2D eigenvalue weighted by molar-refractivity contribution is -0.384. The molecule has 0 aliphatic carbocycles. The number of nitrogens with zero attached hydrogens (tertiary/aromatic N) is 2. The number of pyridine rings is 1. The van der Waals surface area contributed by atoms with Gasteiger partial charge in [0.25, 0.3) is 5.69 Å².